The zero-order valence-electron chi connectivity index (χ0n) is 21.3. The summed E-state index contributed by atoms with van der Waals surface area (Å²) in [5.41, 5.74) is 2.01. The van der Waals surface area contributed by atoms with E-state index in [1.165, 1.54) is 4.31 Å². The first-order chi connectivity index (χ1) is 16.7. The molecule has 0 unspecified atom stereocenters. The number of hydrogen-bond acceptors (Lipinski definition) is 6. The van der Waals surface area contributed by atoms with Crippen molar-refractivity contribution in [1.29, 1.82) is 0 Å². The molecular formula is C23H37F3N4O5S. The van der Waals surface area contributed by atoms with E-state index in [0.29, 0.717) is 31.1 Å². The number of nitrogens with one attached hydrogen (secondary N) is 1. The number of carboxylic acid groups (broad SMARTS) is 1. The molecule has 206 valence electrons. The number of sulfonamides is 1. The molecule has 1 aromatic carbocycles. The molecule has 2 rings (SSSR count). The predicted molar refractivity (Wildman–Crippen MR) is 130 cm³/mol. The van der Waals surface area contributed by atoms with E-state index >= 15 is 0 Å². The highest BCUT2D eigenvalue weighted by Gasteiger charge is 2.38. The Morgan fingerprint density at radius 3 is 2.06 bits per heavy atom. The summed E-state index contributed by atoms with van der Waals surface area (Å²) in [6.07, 6.45) is -4.87. The number of likely N-dealkylation sites (N-methyl/N-ethyl adjacent to an activating group) is 1. The smallest absolute Gasteiger partial charge is 0.475 e. The molecule has 0 spiro atoms. The average molecular weight is 539 g/mol. The highest BCUT2D eigenvalue weighted by atomic mass is 32.2. The van der Waals surface area contributed by atoms with E-state index in [1.54, 1.807) is 12.1 Å². The molecule has 1 aromatic rings. The molecule has 1 heterocycles. The van der Waals surface area contributed by atoms with Gasteiger partial charge in [-0.3, -0.25) is 4.79 Å². The van der Waals surface area contributed by atoms with Gasteiger partial charge < -0.3 is 20.2 Å². The molecule has 9 nitrogen and oxygen atoms in total. The summed E-state index contributed by atoms with van der Waals surface area (Å²) in [5, 5.41) is 10.4. The number of aliphatic carboxylic acids is 1. The Morgan fingerprint density at radius 2 is 1.58 bits per heavy atom. The molecule has 0 radical (unpaired) electrons. The third-order valence-corrected chi connectivity index (χ3v) is 7.86. The van der Waals surface area contributed by atoms with Gasteiger partial charge >= 0.3 is 12.1 Å². The molecule has 1 aliphatic heterocycles. The number of piperazine rings is 1. The van der Waals surface area contributed by atoms with Crippen molar-refractivity contribution in [1.82, 2.24) is 19.4 Å². The SMILES string of the molecule is CCN(CC)CCN(CCC(=O)N1CCNCC1)S(=O)(=O)c1ccc(C)c(C)c1.O=C(O)C(F)(F)F. The maximum Gasteiger partial charge on any atom is 0.490 e. The molecular weight excluding hydrogens is 501 g/mol. The second-order valence-electron chi connectivity index (χ2n) is 8.36. The van der Waals surface area contributed by atoms with Crippen molar-refractivity contribution in [3.63, 3.8) is 0 Å². The number of carboxylic acids is 1. The minimum absolute atomic E-state index is 0.0228. The Balaban J connectivity index is 0.000000809. The van der Waals surface area contributed by atoms with Crippen LogP contribution in [0.25, 0.3) is 0 Å². The van der Waals surface area contributed by atoms with Crippen LogP contribution in [0.1, 0.15) is 31.4 Å². The monoisotopic (exact) mass is 538 g/mol. The van der Waals surface area contributed by atoms with Gasteiger partial charge in [0.1, 0.15) is 0 Å². The number of carbonyl (C=O) groups excluding carboxylic acids is 1. The first kappa shape index (κ1) is 31.8. The molecule has 36 heavy (non-hydrogen) atoms. The third kappa shape index (κ3) is 10.0. The van der Waals surface area contributed by atoms with Gasteiger partial charge in [0.2, 0.25) is 15.9 Å². The Bertz CT molecular complexity index is 963. The maximum atomic E-state index is 13.3. The number of halogens is 3. The Kier molecular flexibility index (Phi) is 12.8. The lowest BCUT2D eigenvalue weighted by molar-refractivity contribution is -0.192. The molecule has 1 saturated heterocycles. The van der Waals surface area contributed by atoms with E-state index in [4.69, 9.17) is 9.90 Å². The van der Waals surface area contributed by atoms with E-state index < -0.39 is 22.2 Å². The van der Waals surface area contributed by atoms with E-state index in [9.17, 15) is 26.4 Å². The average Bonchev–Trinajstić information content (AvgIpc) is 2.83. The van der Waals surface area contributed by atoms with Crippen LogP contribution in [0.15, 0.2) is 23.1 Å². The van der Waals surface area contributed by atoms with Gasteiger partial charge in [-0.1, -0.05) is 19.9 Å². The number of amides is 1. The van der Waals surface area contributed by atoms with Gasteiger partial charge in [0.25, 0.3) is 0 Å². The Morgan fingerprint density at radius 1 is 1.03 bits per heavy atom. The highest BCUT2D eigenvalue weighted by Crippen LogP contribution is 2.20. The zero-order valence-corrected chi connectivity index (χ0v) is 22.1. The molecule has 0 bridgehead atoms. The van der Waals surface area contributed by atoms with Crippen LogP contribution < -0.4 is 5.32 Å². The number of nitrogens with zero attached hydrogens (tertiary/aromatic N) is 3. The summed E-state index contributed by atoms with van der Waals surface area (Å²) in [5.74, 6) is -2.73. The minimum atomic E-state index is -5.08. The van der Waals surface area contributed by atoms with Crippen molar-refractivity contribution in [2.45, 2.75) is 45.2 Å². The van der Waals surface area contributed by atoms with Crippen molar-refractivity contribution in [3.05, 3.63) is 29.3 Å². The number of carbonyl (C=O) groups is 2. The van der Waals surface area contributed by atoms with Gasteiger partial charge in [-0.25, -0.2) is 13.2 Å². The van der Waals surface area contributed by atoms with E-state index in [1.807, 2.05) is 24.8 Å². The standard InChI is InChI=1S/C21H36N4O3S.C2HF3O2/c1-5-23(6-2)15-16-25(12-9-21(26)24-13-10-22-11-14-24)29(27,28)20-8-7-18(3)19(4)17-20;3-2(4,5)1(6)7/h7-8,17,22H,5-6,9-16H2,1-4H3;(H,6,7). The largest absolute Gasteiger partial charge is 0.490 e. The summed E-state index contributed by atoms with van der Waals surface area (Å²) < 4.78 is 59.9. The molecule has 0 aliphatic carbocycles. The molecule has 2 N–H and O–H groups in total. The number of aryl methyl sites for hydroxylation is 2. The molecule has 13 heteroatoms. The fourth-order valence-electron chi connectivity index (χ4n) is 3.46. The van der Waals surface area contributed by atoms with Crippen LogP contribution >= 0.6 is 0 Å². The van der Waals surface area contributed by atoms with Crippen molar-refractivity contribution >= 4 is 21.9 Å². The molecule has 0 saturated carbocycles. The molecule has 1 aliphatic rings. The first-order valence-corrected chi connectivity index (χ1v) is 13.3. The van der Waals surface area contributed by atoms with Crippen LogP contribution in [0.4, 0.5) is 13.2 Å². The van der Waals surface area contributed by atoms with E-state index in [-0.39, 0.29) is 18.9 Å². The molecule has 0 aromatic heterocycles. The number of hydrogen-bond donors (Lipinski definition) is 2. The lowest BCUT2D eigenvalue weighted by Crippen LogP contribution is -2.47. The van der Waals surface area contributed by atoms with Crippen LogP contribution in [0, 0.1) is 13.8 Å². The van der Waals surface area contributed by atoms with Crippen LogP contribution in [0.5, 0.6) is 0 Å². The van der Waals surface area contributed by atoms with Gasteiger partial charge in [0.05, 0.1) is 4.90 Å². The van der Waals surface area contributed by atoms with Gasteiger partial charge in [-0.05, 0) is 50.2 Å². The van der Waals surface area contributed by atoms with Crippen LogP contribution in [-0.2, 0) is 19.6 Å². The number of alkyl halides is 3. The summed E-state index contributed by atoms with van der Waals surface area (Å²) in [7, 11) is -3.66. The fourth-order valence-corrected chi connectivity index (χ4v) is 4.98. The third-order valence-electron chi connectivity index (χ3n) is 5.96. The van der Waals surface area contributed by atoms with Gasteiger partial charge in [-0.15, -0.1) is 0 Å². The quantitative estimate of drug-likeness (QED) is 0.470. The normalized spacial score (nSPS) is 14.5. The van der Waals surface area contributed by atoms with Gasteiger partial charge in [0.15, 0.2) is 0 Å². The second-order valence-corrected chi connectivity index (χ2v) is 10.3. The van der Waals surface area contributed by atoms with Gasteiger partial charge in [-0.2, -0.15) is 17.5 Å². The fraction of sp³-hybridized carbons (Fsp3) is 0.652. The van der Waals surface area contributed by atoms with Crippen molar-refractivity contribution in [2.24, 2.45) is 0 Å². The van der Waals surface area contributed by atoms with E-state index in [0.717, 1.165) is 37.3 Å². The molecule has 1 amide bonds. The van der Waals surface area contributed by atoms with Crippen molar-refractivity contribution < 1.29 is 36.3 Å². The predicted octanol–water partition coefficient (Wildman–Crippen LogP) is 2.09. The minimum Gasteiger partial charge on any atom is -0.475 e. The second kappa shape index (κ2) is 14.5. The first-order valence-electron chi connectivity index (χ1n) is 11.8. The summed E-state index contributed by atoms with van der Waals surface area (Å²) in [6, 6.07) is 5.24. The summed E-state index contributed by atoms with van der Waals surface area (Å²) in [4.78, 5) is 25.8. The Hall–Kier alpha value is -2.22. The lowest BCUT2D eigenvalue weighted by atomic mass is 10.1. The van der Waals surface area contributed by atoms with Crippen LogP contribution in [0.2, 0.25) is 0 Å². The number of rotatable bonds is 10. The maximum absolute atomic E-state index is 13.3. The topological polar surface area (TPSA) is 110 Å². The highest BCUT2D eigenvalue weighted by molar-refractivity contribution is 7.89. The summed E-state index contributed by atoms with van der Waals surface area (Å²) in [6.45, 7) is 13.9. The van der Waals surface area contributed by atoms with Gasteiger partial charge in [0, 0.05) is 52.2 Å². The summed E-state index contributed by atoms with van der Waals surface area (Å²) >= 11 is 0. The molecule has 1 fully saturated rings. The Labute approximate surface area is 211 Å². The van der Waals surface area contributed by atoms with Crippen LogP contribution in [0.3, 0.4) is 0 Å². The molecule has 0 atom stereocenters. The van der Waals surface area contributed by atoms with Crippen LogP contribution in [-0.4, -0.2) is 105 Å². The zero-order chi connectivity index (χ0) is 27.5. The number of benzene rings is 1. The van der Waals surface area contributed by atoms with E-state index in [2.05, 4.69) is 24.1 Å². The lowest BCUT2D eigenvalue weighted by Gasteiger charge is -2.29. The van der Waals surface area contributed by atoms with Crippen molar-refractivity contribution in [3.8, 4) is 0 Å². The van der Waals surface area contributed by atoms with Crippen molar-refractivity contribution in [2.75, 3.05) is 58.9 Å².